The molecule has 0 aliphatic rings. The van der Waals surface area contributed by atoms with E-state index >= 15 is 0 Å². The van der Waals surface area contributed by atoms with Crippen molar-refractivity contribution in [3.8, 4) is 6.07 Å². The summed E-state index contributed by atoms with van der Waals surface area (Å²) in [6.45, 7) is 0. The molecule has 1 aromatic rings. The predicted octanol–water partition coefficient (Wildman–Crippen LogP) is 0.162. The molecule has 0 saturated heterocycles. The summed E-state index contributed by atoms with van der Waals surface area (Å²) in [5.74, 6) is -1.99. The van der Waals surface area contributed by atoms with Gasteiger partial charge in [-0.15, -0.1) is 0 Å². The Bertz CT molecular complexity index is 513. The van der Waals surface area contributed by atoms with Gasteiger partial charge in [0, 0.05) is 0 Å². The lowest BCUT2D eigenvalue weighted by Gasteiger charge is -2.00. The van der Waals surface area contributed by atoms with Crippen LogP contribution < -0.4 is 11.2 Å². The molecule has 4 N–H and O–H groups in total. The first-order valence-electron chi connectivity index (χ1n) is 4.41. The van der Waals surface area contributed by atoms with Crippen LogP contribution in [0.25, 0.3) is 0 Å². The number of nitrogens with zero attached hydrogens (tertiary/aromatic N) is 2. The van der Waals surface area contributed by atoms with Crippen molar-refractivity contribution in [2.75, 3.05) is 5.43 Å². The third-order valence-electron chi connectivity index (χ3n) is 1.77. The van der Waals surface area contributed by atoms with Crippen molar-refractivity contribution >= 4 is 23.3 Å². The molecule has 1 amide bonds. The highest BCUT2D eigenvalue weighted by Crippen LogP contribution is 2.09. The Hall–Kier alpha value is -2.88. The van der Waals surface area contributed by atoms with Crippen LogP contribution in [0, 0.1) is 11.3 Å². The molecular formula is C10H8N4O3. The van der Waals surface area contributed by atoms with E-state index in [1.54, 1.807) is 0 Å². The summed E-state index contributed by atoms with van der Waals surface area (Å²) in [5, 5.41) is 20.6. The van der Waals surface area contributed by atoms with Crippen molar-refractivity contribution in [2.45, 2.75) is 0 Å². The summed E-state index contributed by atoms with van der Waals surface area (Å²) < 4.78 is 0. The second-order valence-electron chi connectivity index (χ2n) is 2.93. The van der Waals surface area contributed by atoms with Gasteiger partial charge in [-0.3, -0.25) is 10.2 Å². The molecule has 17 heavy (non-hydrogen) atoms. The maximum absolute atomic E-state index is 10.6. The van der Waals surface area contributed by atoms with E-state index in [0.29, 0.717) is 5.69 Å². The second kappa shape index (κ2) is 5.27. The summed E-state index contributed by atoms with van der Waals surface area (Å²) in [6.07, 6.45) is 0. The van der Waals surface area contributed by atoms with E-state index in [2.05, 4.69) is 10.5 Å². The zero-order chi connectivity index (χ0) is 12.8. The number of carbonyl (C=O) groups excluding carboxylic acids is 1. The molecule has 0 fully saturated rings. The van der Waals surface area contributed by atoms with E-state index in [4.69, 9.17) is 16.1 Å². The number of aromatic carboxylic acids is 1. The van der Waals surface area contributed by atoms with Crippen LogP contribution in [-0.4, -0.2) is 22.7 Å². The maximum atomic E-state index is 10.6. The first kappa shape index (κ1) is 12.2. The molecule has 0 aliphatic carbocycles. The molecule has 7 heteroatoms. The molecule has 0 radical (unpaired) electrons. The lowest BCUT2D eigenvalue weighted by molar-refractivity contribution is -0.111. The summed E-state index contributed by atoms with van der Waals surface area (Å²) >= 11 is 0. The smallest absolute Gasteiger partial charge is 0.335 e. The lowest BCUT2D eigenvalue weighted by atomic mass is 10.2. The van der Waals surface area contributed by atoms with Crippen molar-refractivity contribution in [1.29, 1.82) is 5.26 Å². The zero-order valence-electron chi connectivity index (χ0n) is 8.54. The molecule has 0 heterocycles. The van der Waals surface area contributed by atoms with Crippen molar-refractivity contribution < 1.29 is 14.7 Å². The number of hydrogen-bond donors (Lipinski definition) is 3. The predicted molar refractivity (Wildman–Crippen MR) is 59.3 cm³/mol. The fourth-order valence-corrected chi connectivity index (χ4v) is 0.943. The van der Waals surface area contributed by atoms with Gasteiger partial charge in [0.15, 0.2) is 0 Å². The van der Waals surface area contributed by atoms with Gasteiger partial charge in [0.25, 0.3) is 5.91 Å². The van der Waals surface area contributed by atoms with Gasteiger partial charge in [-0.1, -0.05) is 0 Å². The van der Waals surface area contributed by atoms with Crippen LogP contribution in [0.2, 0.25) is 0 Å². The van der Waals surface area contributed by atoms with E-state index in [1.807, 2.05) is 0 Å². The van der Waals surface area contributed by atoms with Crippen molar-refractivity contribution in [3.63, 3.8) is 0 Å². The lowest BCUT2D eigenvalue weighted by Crippen LogP contribution is -2.22. The number of nitriles is 1. The van der Waals surface area contributed by atoms with Gasteiger partial charge in [0.1, 0.15) is 6.07 Å². The SMILES string of the molecule is N#C/C(=N\Nc1ccc(C(=O)O)cc1)C(N)=O. The first-order valence-corrected chi connectivity index (χ1v) is 4.41. The molecule has 0 saturated carbocycles. The van der Waals surface area contributed by atoms with E-state index in [-0.39, 0.29) is 5.56 Å². The monoisotopic (exact) mass is 232 g/mol. The van der Waals surface area contributed by atoms with Gasteiger partial charge in [-0.2, -0.15) is 10.4 Å². The largest absolute Gasteiger partial charge is 0.478 e. The summed E-state index contributed by atoms with van der Waals surface area (Å²) in [7, 11) is 0. The first-order chi connectivity index (χ1) is 8.04. The maximum Gasteiger partial charge on any atom is 0.335 e. The fraction of sp³-hybridized carbons (Fsp3) is 0. The number of carboxylic acids is 1. The molecule has 0 bridgehead atoms. The number of nitrogens with one attached hydrogen (secondary N) is 1. The number of hydrazone groups is 1. The Morgan fingerprint density at radius 1 is 1.35 bits per heavy atom. The summed E-state index contributed by atoms with van der Waals surface area (Å²) in [6, 6.07) is 7.13. The van der Waals surface area contributed by atoms with E-state index in [0.717, 1.165) is 0 Å². The number of carbonyl (C=O) groups is 2. The average Bonchev–Trinajstić information content (AvgIpc) is 2.30. The Balaban J connectivity index is 2.80. The van der Waals surface area contributed by atoms with Gasteiger partial charge in [0.2, 0.25) is 5.71 Å². The van der Waals surface area contributed by atoms with Gasteiger partial charge in [-0.25, -0.2) is 4.79 Å². The number of primary amides is 1. The molecule has 0 aromatic heterocycles. The number of benzene rings is 1. The Kier molecular flexibility index (Phi) is 3.78. The zero-order valence-corrected chi connectivity index (χ0v) is 8.54. The molecule has 7 nitrogen and oxygen atoms in total. The minimum absolute atomic E-state index is 0.120. The third kappa shape index (κ3) is 3.32. The molecule has 86 valence electrons. The number of anilines is 1. The number of amides is 1. The highest BCUT2D eigenvalue weighted by Gasteiger charge is 2.05. The Morgan fingerprint density at radius 3 is 2.35 bits per heavy atom. The summed E-state index contributed by atoms with van der Waals surface area (Å²) in [5.41, 5.74) is 7.37. The molecule has 0 atom stereocenters. The highest BCUT2D eigenvalue weighted by atomic mass is 16.4. The topological polar surface area (TPSA) is 129 Å². The minimum Gasteiger partial charge on any atom is -0.478 e. The standard InChI is InChI=1S/C10H8N4O3/c11-5-8(9(12)15)14-13-7-3-1-6(2-4-7)10(16)17/h1-4,13H,(H2,12,15)(H,16,17)/b14-8+. The van der Waals surface area contributed by atoms with Gasteiger partial charge >= 0.3 is 5.97 Å². The van der Waals surface area contributed by atoms with Gasteiger partial charge < -0.3 is 10.8 Å². The van der Waals surface area contributed by atoms with Crippen LogP contribution >= 0.6 is 0 Å². The molecule has 0 unspecified atom stereocenters. The molecular weight excluding hydrogens is 224 g/mol. The number of rotatable bonds is 4. The summed E-state index contributed by atoms with van der Waals surface area (Å²) in [4.78, 5) is 21.2. The quantitative estimate of drug-likeness (QED) is 0.503. The molecule has 0 aliphatic heterocycles. The van der Waals surface area contributed by atoms with Crippen molar-refractivity contribution in [2.24, 2.45) is 10.8 Å². The fourth-order valence-electron chi connectivity index (χ4n) is 0.943. The van der Waals surface area contributed by atoms with Crippen molar-refractivity contribution in [1.82, 2.24) is 0 Å². The highest BCUT2D eigenvalue weighted by molar-refractivity contribution is 6.44. The van der Waals surface area contributed by atoms with E-state index in [1.165, 1.54) is 30.3 Å². The normalized spacial score (nSPS) is 10.4. The number of hydrogen-bond acceptors (Lipinski definition) is 5. The average molecular weight is 232 g/mol. The Morgan fingerprint density at radius 2 is 1.94 bits per heavy atom. The van der Waals surface area contributed by atoms with Gasteiger partial charge in [-0.05, 0) is 24.3 Å². The van der Waals surface area contributed by atoms with Crippen LogP contribution in [0.3, 0.4) is 0 Å². The number of carboxylic acid groups (broad SMARTS) is 1. The van der Waals surface area contributed by atoms with Crippen molar-refractivity contribution in [3.05, 3.63) is 29.8 Å². The molecule has 0 spiro atoms. The van der Waals surface area contributed by atoms with E-state index in [9.17, 15) is 9.59 Å². The molecule has 1 aromatic carbocycles. The van der Waals surface area contributed by atoms with Crippen LogP contribution in [0.15, 0.2) is 29.4 Å². The van der Waals surface area contributed by atoms with Crippen LogP contribution in [0.5, 0.6) is 0 Å². The third-order valence-corrected chi connectivity index (χ3v) is 1.77. The van der Waals surface area contributed by atoms with Crippen LogP contribution in [0.4, 0.5) is 5.69 Å². The van der Waals surface area contributed by atoms with Gasteiger partial charge in [0.05, 0.1) is 11.3 Å². The molecule has 1 rings (SSSR count). The van der Waals surface area contributed by atoms with Crippen LogP contribution in [-0.2, 0) is 4.79 Å². The number of nitrogens with two attached hydrogens (primary N) is 1. The van der Waals surface area contributed by atoms with E-state index < -0.39 is 17.6 Å². The minimum atomic E-state index is -1.05. The second-order valence-corrected chi connectivity index (χ2v) is 2.93. The van der Waals surface area contributed by atoms with Crippen LogP contribution in [0.1, 0.15) is 10.4 Å². The Labute approximate surface area is 96.2 Å².